The fourth-order valence-corrected chi connectivity index (χ4v) is 2.79. The summed E-state index contributed by atoms with van der Waals surface area (Å²) in [6.45, 7) is 4.50. The van der Waals surface area contributed by atoms with Crippen molar-refractivity contribution in [1.82, 2.24) is 24.4 Å². The van der Waals surface area contributed by atoms with Crippen LogP contribution in [0.25, 0.3) is 0 Å². The number of hydrogen-bond donors (Lipinski definition) is 1. The van der Waals surface area contributed by atoms with Gasteiger partial charge in [0.1, 0.15) is 5.82 Å². The molecule has 1 aliphatic rings. The molecule has 0 unspecified atom stereocenters. The number of imidazole rings is 1. The standard InChI is InChI=1S/C15H21N5O/c1-3-4-14-17-13-5-6-20(9-12(13)15(21)18-14)8-11-7-16-10-19(11)2/h7,10H,3-6,8-9H2,1-2H3,(H,17,18,21). The van der Waals surface area contributed by atoms with Gasteiger partial charge in [-0.25, -0.2) is 9.97 Å². The number of nitrogens with one attached hydrogen (secondary N) is 1. The van der Waals surface area contributed by atoms with E-state index in [0.717, 1.165) is 55.1 Å². The van der Waals surface area contributed by atoms with Gasteiger partial charge >= 0.3 is 0 Å². The number of aryl methyl sites for hydroxylation is 2. The lowest BCUT2D eigenvalue weighted by Crippen LogP contribution is -2.36. The Balaban J connectivity index is 1.79. The van der Waals surface area contributed by atoms with E-state index in [1.165, 1.54) is 0 Å². The summed E-state index contributed by atoms with van der Waals surface area (Å²) in [5.41, 5.74) is 2.98. The van der Waals surface area contributed by atoms with E-state index in [9.17, 15) is 4.79 Å². The molecule has 6 nitrogen and oxygen atoms in total. The zero-order chi connectivity index (χ0) is 14.8. The van der Waals surface area contributed by atoms with Gasteiger partial charge in [0, 0.05) is 45.7 Å². The minimum Gasteiger partial charge on any atom is -0.337 e. The van der Waals surface area contributed by atoms with Gasteiger partial charge in [-0.3, -0.25) is 9.69 Å². The molecule has 21 heavy (non-hydrogen) atoms. The summed E-state index contributed by atoms with van der Waals surface area (Å²) < 4.78 is 2.02. The molecule has 1 N–H and O–H groups in total. The Kier molecular flexibility index (Phi) is 3.88. The molecule has 0 spiro atoms. The fraction of sp³-hybridized carbons (Fsp3) is 0.533. The molecule has 0 saturated carbocycles. The second-order valence-corrected chi connectivity index (χ2v) is 5.64. The summed E-state index contributed by atoms with van der Waals surface area (Å²) in [5, 5.41) is 0. The number of rotatable bonds is 4. The molecule has 0 radical (unpaired) electrons. The number of nitrogens with zero attached hydrogens (tertiary/aromatic N) is 4. The molecule has 2 aromatic rings. The minimum absolute atomic E-state index is 0.0261. The van der Waals surface area contributed by atoms with Crippen LogP contribution in [0.15, 0.2) is 17.3 Å². The van der Waals surface area contributed by atoms with Gasteiger partial charge in [-0.1, -0.05) is 6.92 Å². The molecular weight excluding hydrogens is 266 g/mol. The van der Waals surface area contributed by atoms with Crippen molar-refractivity contribution in [3.63, 3.8) is 0 Å². The van der Waals surface area contributed by atoms with Gasteiger partial charge in [-0.2, -0.15) is 0 Å². The molecular formula is C15H21N5O. The minimum atomic E-state index is 0.0261. The number of aromatic amines is 1. The molecule has 112 valence electrons. The van der Waals surface area contributed by atoms with Crippen molar-refractivity contribution < 1.29 is 0 Å². The zero-order valence-corrected chi connectivity index (χ0v) is 12.6. The Hall–Kier alpha value is -1.95. The van der Waals surface area contributed by atoms with Gasteiger partial charge in [-0.15, -0.1) is 0 Å². The van der Waals surface area contributed by atoms with E-state index in [2.05, 4.69) is 26.8 Å². The second-order valence-electron chi connectivity index (χ2n) is 5.64. The number of H-pyrrole nitrogens is 1. The third kappa shape index (κ3) is 2.90. The van der Waals surface area contributed by atoms with Crippen LogP contribution in [0.3, 0.4) is 0 Å². The Labute approximate surface area is 123 Å². The van der Waals surface area contributed by atoms with Crippen LogP contribution >= 0.6 is 0 Å². The van der Waals surface area contributed by atoms with Crippen LogP contribution in [0.4, 0.5) is 0 Å². The molecule has 6 heteroatoms. The highest BCUT2D eigenvalue weighted by atomic mass is 16.1. The van der Waals surface area contributed by atoms with Crippen molar-refractivity contribution >= 4 is 0 Å². The maximum Gasteiger partial charge on any atom is 0.255 e. The number of aromatic nitrogens is 4. The van der Waals surface area contributed by atoms with Crippen molar-refractivity contribution in [2.75, 3.05) is 6.54 Å². The Morgan fingerprint density at radius 1 is 1.43 bits per heavy atom. The van der Waals surface area contributed by atoms with Crippen LogP contribution in [-0.4, -0.2) is 31.0 Å². The van der Waals surface area contributed by atoms with E-state index >= 15 is 0 Å². The molecule has 0 aliphatic carbocycles. The van der Waals surface area contributed by atoms with Gasteiger partial charge in [0.2, 0.25) is 0 Å². The van der Waals surface area contributed by atoms with Crippen molar-refractivity contribution in [1.29, 1.82) is 0 Å². The van der Waals surface area contributed by atoms with Crippen molar-refractivity contribution in [2.24, 2.45) is 7.05 Å². The Bertz CT molecular complexity index is 688. The van der Waals surface area contributed by atoms with E-state index in [-0.39, 0.29) is 5.56 Å². The average Bonchev–Trinajstić information content (AvgIpc) is 2.85. The molecule has 0 fully saturated rings. The highest BCUT2D eigenvalue weighted by Gasteiger charge is 2.21. The first-order valence-electron chi connectivity index (χ1n) is 7.46. The van der Waals surface area contributed by atoms with Gasteiger partial charge < -0.3 is 9.55 Å². The van der Waals surface area contributed by atoms with Gasteiger partial charge in [0.15, 0.2) is 0 Å². The predicted molar refractivity (Wildman–Crippen MR) is 79.9 cm³/mol. The molecule has 0 amide bonds. The lowest BCUT2D eigenvalue weighted by atomic mass is 10.1. The van der Waals surface area contributed by atoms with Crippen LogP contribution in [0.5, 0.6) is 0 Å². The highest BCUT2D eigenvalue weighted by molar-refractivity contribution is 5.21. The van der Waals surface area contributed by atoms with E-state index in [0.29, 0.717) is 6.54 Å². The van der Waals surface area contributed by atoms with Crippen LogP contribution in [0.2, 0.25) is 0 Å². The summed E-state index contributed by atoms with van der Waals surface area (Å²) in [6.07, 6.45) is 6.35. The Morgan fingerprint density at radius 3 is 3.00 bits per heavy atom. The second kappa shape index (κ2) is 5.81. The topological polar surface area (TPSA) is 66.8 Å². The van der Waals surface area contributed by atoms with Crippen molar-refractivity contribution in [3.05, 3.63) is 45.7 Å². The van der Waals surface area contributed by atoms with Crippen molar-refractivity contribution in [2.45, 2.75) is 39.3 Å². The summed E-state index contributed by atoms with van der Waals surface area (Å²) in [7, 11) is 1.99. The quantitative estimate of drug-likeness (QED) is 0.911. The van der Waals surface area contributed by atoms with E-state index in [4.69, 9.17) is 0 Å². The molecule has 0 aromatic carbocycles. The van der Waals surface area contributed by atoms with Crippen LogP contribution in [-0.2, 0) is 33.0 Å². The largest absolute Gasteiger partial charge is 0.337 e. The maximum atomic E-state index is 12.2. The SMILES string of the molecule is CCCc1nc2c(c(=O)[nH]1)CN(Cc1cncn1C)CC2. The average molecular weight is 287 g/mol. The summed E-state index contributed by atoms with van der Waals surface area (Å²) in [6, 6.07) is 0. The number of hydrogen-bond acceptors (Lipinski definition) is 4. The van der Waals surface area contributed by atoms with Crippen molar-refractivity contribution in [3.8, 4) is 0 Å². The first-order valence-corrected chi connectivity index (χ1v) is 7.46. The third-order valence-electron chi connectivity index (χ3n) is 3.99. The first-order chi connectivity index (χ1) is 10.2. The lowest BCUT2D eigenvalue weighted by molar-refractivity contribution is 0.236. The molecule has 3 rings (SSSR count). The molecule has 3 heterocycles. The van der Waals surface area contributed by atoms with Gasteiger partial charge in [0.05, 0.1) is 23.3 Å². The zero-order valence-electron chi connectivity index (χ0n) is 12.6. The highest BCUT2D eigenvalue weighted by Crippen LogP contribution is 2.16. The smallest absolute Gasteiger partial charge is 0.255 e. The molecule has 0 saturated heterocycles. The van der Waals surface area contributed by atoms with E-state index in [1.54, 1.807) is 6.33 Å². The van der Waals surface area contributed by atoms with Gasteiger partial charge in [0.25, 0.3) is 5.56 Å². The first kappa shape index (κ1) is 14.0. The normalized spacial score (nSPS) is 15.1. The van der Waals surface area contributed by atoms with E-state index < -0.39 is 0 Å². The molecule has 0 bridgehead atoms. The summed E-state index contributed by atoms with van der Waals surface area (Å²) >= 11 is 0. The van der Waals surface area contributed by atoms with Gasteiger partial charge in [-0.05, 0) is 6.42 Å². The number of fused-ring (bicyclic) bond motifs is 1. The van der Waals surface area contributed by atoms with E-state index in [1.807, 2.05) is 17.8 Å². The van der Waals surface area contributed by atoms with Crippen LogP contribution in [0.1, 0.15) is 36.1 Å². The maximum absolute atomic E-state index is 12.2. The Morgan fingerprint density at radius 2 is 2.29 bits per heavy atom. The summed E-state index contributed by atoms with van der Waals surface area (Å²) in [4.78, 5) is 26.2. The summed E-state index contributed by atoms with van der Waals surface area (Å²) in [5.74, 6) is 0.821. The molecule has 0 atom stereocenters. The lowest BCUT2D eigenvalue weighted by Gasteiger charge is -2.27. The monoisotopic (exact) mass is 287 g/mol. The van der Waals surface area contributed by atoms with Crippen LogP contribution in [0, 0.1) is 0 Å². The fourth-order valence-electron chi connectivity index (χ4n) is 2.79. The predicted octanol–water partition coefficient (Wildman–Crippen LogP) is 1.01. The van der Waals surface area contributed by atoms with Crippen LogP contribution < -0.4 is 5.56 Å². The third-order valence-corrected chi connectivity index (χ3v) is 3.99. The molecule has 1 aliphatic heterocycles. The molecule has 2 aromatic heterocycles.